The number of hydrogen-bond donors (Lipinski definition) is 2. The Hall–Kier alpha value is -1.24. The lowest BCUT2D eigenvalue weighted by molar-refractivity contribution is 0.276. The summed E-state index contributed by atoms with van der Waals surface area (Å²) in [6.07, 6.45) is 2.63. The minimum Gasteiger partial charge on any atom is -0.396 e. The average molecular weight is 266 g/mol. The van der Waals surface area contributed by atoms with Crippen LogP contribution < -0.4 is 5.32 Å². The van der Waals surface area contributed by atoms with Crippen molar-refractivity contribution in [2.75, 3.05) is 6.61 Å². The molecule has 0 aromatic carbocycles. The van der Waals surface area contributed by atoms with Gasteiger partial charge in [-0.3, -0.25) is 4.68 Å². The van der Waals surface area contributed by atoms with Gasteiger partial charge in [0.25, 0.3) is 0 Å². The summed E-state index contributed by atoms with van der Waals surface area (Å²) in [4.78, 5) is 0. The Morgan fingerprint density at radius 2 is 2.28 bits per heavy atom. The Kier molecular flexibility index (Phi) is 4.86. The molecule has 0 aliphatic heterocycles. The molecule has 2 heterocycles. The third-order valence-electron chi connectivity index (χ3n) is 2.71. The van der Waals surface area contributed by atoms with Gasteiger partial charge in [-0.1, -0.05) is 5.21 Å². The molecule has 0 atom stereocenters. The highest BCUT2D eigenvalue weighted by Crippen LogP contribution is 2.13. The lowest BCUT2D eigenvalue weighted by atomic mass is 10.2. The minimum atomic E-state index is 0.185. The van der Waals surface area contributed by atoms with E-state index in [4.69, 9.17) is 5.11 Å². The summed E-state index contributed by atoms with van der Waals surface area (Å²) < 4.78 is 1.77. The van der Waals surface area contributed by atoms with E-state index >= 15 is 0 Å². The van der Waals surface area contributed by atoms with Gasteiger partial charge in [0.2, 0.25) is 0 Å². The molecule has 0 amide bonds. The number of nitrogens with one attached hydrogen (secondary N) is 1. The third kappa shape index (κ3) is 3.63. The second kappa shape index (κ2) is 6.63. The predicted molar refractivity (Wildman–Crippen MR) is 71.3 cm³/mol. The van der Waals surface area contributed by atoms with Gasteiger partial charge in [0.15, 0.2) is 0 Å². The number of hydrogen-bond acceptors (Lipinski definition) is 5. The molecule has 2 rings (SSSR count). The predicted octanol–water partition coefficient (Wildman–Crippen LogP) is 1.32. The Labute approximate surface area is 110 Å². The summed E-state index contributed by atoms with van der Waals surface area (Å²) in [5.74, 6) is 0. The van der Waals surface area contributed by atoms with Crippen LogP contribution in [0.1, 0.15) is 23.2 Å². The van der Waals surface area contributed by atoms with Crippen LogP contribution in [0.5, 0.6) is 0 Å². The van der Waals surface area contributed by atoms with Gasteiger partial charge >= 0.3 is 0 Å². The quantitative estimate of drug-likeness (QED) is 0.793. The Balaban J connectivity index is 1.76. The number of aliphatic hydroxyl groups is 1. The van der Waals surface area contributed by atoms with E-state index in [1.165, 1.54) is 11.1 Å². The minimum absolute atomic E-state index is 0.185. The number of rotatable bonds is 7. The molecule has 5 nitrogen and oxygen atoms in total. The molecule has 98 valence electrons. The maximum Gasteiger partial charge on any atom is 0.0964 e. The molecular formula is C12H18N4OS. The Morgan fingerprint density at radius 1 is 1.39 bits per heavy atom. The Bertz CT molecular complexity index is 480. The van der Waals surface area contributed by atoms with Crippen LogP contribution in [0.2, 0.25) is 0 Å². The monoisotopic (exact) mass is 266 g/mol. The van der Waals surface area contributed by atoms with Crippen molar-refractivity contribution in [2.45, 2.75) is 33.0 Å². The van der Waals surface area contributed by atoms with Crippen molar-refractivity contribution in [3.05, 3.63) is 33.8 Å². The highest BCUT2D eigenvalue weighted by atomic mass is 32.1. The van der Waals surface area contributed by atoms with E-state index in [1.807, 2.05) is 6.20 Å². The third-order valence-corrected chi connectivity index (χ3v) is 3.62. The molecule has 0 aliphatic rings. The molecule has 0 bridgehead atoms. The van der Waals surface area contributed by atoms with Crippen LogP contribution in [-0.2, 0) is 19.6 Å². The molecule has 0 fully saturated rings. The van der Waals surface area contributed by atoms with E-state index in [-0.39, 0.29) is 6.61 Å². The molecule has 0 aliphatic carbocycles. The first kappa shape index (κ1) is 13.2. The molecular weight excluding hydrogens is 248 g/mol. The number of aryl methyl sites for hydroxylation is 2. The van der Waals surface area contributed by atoms with Crippen molar-refractivity contribution in [1.29, 1.82) is 0 Å². The molecule has 0 radical (unpaired) electrons. The summed E-state index contributed by atoms with van der Waals surface area (Å²) in [6, 6.07) is 0. The number of aromatic nitrogens is 3. The highest BCUT2D eigenvalue weighted by molar-refractivity contribution is 7.08. The number of aliphatic hydroxyl groups excluding tert-OH is 1. The lowest BCUT2D eigenvalue weighted by Crippen LogP contribution is -2.13. The summed E-state index contributed by atoms with van der Waals surface area (Å²) in [6.45, 7) is 4.60. The van der Waals surface area contributed by atoms with Gasteiger partial charge < -0.3 is 10.4 Å². The number of thiophene rings is 1. The SMILES string of the molecule is Cc1cscc1CNCc1cn(CCCO)nn1. The van der Waals surface area contributed by atoms with Gasteiger partial charge in [0.05, 0.1) is 5.69 Å². The molecule has 0 saturated heterocycles. The van der Waals surface area contributed by atoms with E-state index in [1.54, 1.807) is 16.0 Å². The summed E-state index contributed by atoms with van der Waals surface area (Å²) in [7, 11) is 0. The van der Waals surface area contributed by atoms with Gasteiger partial charge in [-0.05, 0) is 35.2 Å². The van der Waals surface area contributed by atoms with Crippen LogP contribution in [-0.4, -0.2) is 26.7 Å². The van der Waals surface area contributed by atoms with Crippen LogP contribution in [0.15, 0.2) is 17.0 Å². The highest BCUT2D eigenvalue weighted by Gasteiger charge is 2.02. The summed E-state index contributed by atoms with van der Waals surface area (Å²) in [5, 5.41) is 24.5. The van der Waals surface area contributed by atoms with Crippen LogP contribution in [0.4, 0.5) is 0 Å². The fourth-order valence-corrected chi connectivity index (χ4v) is 2.51. The van der Waals surface area contributed by atoms with Crippen LogP contribution in [0.25, 0.3) is 0 Å². The molecule has 2 aromatic heterocycles. The van der Waals surface area contributed by atoms with Gasteiger partial charge in [-0.2, -0.15) is 11.3 Å². The summed E-state index contributed by atoms with van der Waals surface area (Å²) >= 11 is 1.73. The maximum absolute atomic E-state index is 8.73. The molecule has 2 aromatic rings. The molecule has 0 spiro atoms. The smallest absolute Gasteiger partial charge is 0.0964 e. The second-order valence-electron chi connectivity index (χ2n) is 4.23. The molecule has 18 heavy (non-hydrogen) atoms. The van der Waals surface area contributed by atoms with Gasteiger partial charge in [-0.25, -0.2) is 0 Å². The van der Waals surface area contributed by atoms with E-state index in [9.17, 15) is 0 Å². The molecule has 6 heteroatoms. The number of nitrogens with zero attached hydrogens (tertiary/aromatic N) is 3. The molecule has 0 unspecified atom stereocenters. The van der Waals surface area contributed by atoms with Crippen LogP contribution in [0, 0.1) is 6.92 Å². The van der Waals surface area contributed by atoms with Crippen molar-refractivity contribution in [3.8, 4) is 0 Å². The molecule has 2 N–H and O–H groups in total. The lowest BCUT2D eigenvalue weighted by Gasteiger charge is -2.01. The van der Waals surface area contributed by atoms with Gasteiger partial charge in [-0.15, -0.1) is 5.10 Å². The van der Waals surface area contributed by atoms with Gasteiger partial charge in [0.1, 0.15) is 0 Å². The normalized spacial score (nSPS) is 11.0. The average Bonchev–Trinajstić information content (AvgIpc) is 2.97. The standard InChI is InChI=1S/C12H18N4OS/c1-10-8-18-9-11(10)5-13-6-12-7-16(15-14-12)3-2-4-17/h7-9,13,17H,2-6H2,1H3. The fourth-order valence-electron chi connectivity index (χ4n) is 1.65. The zero-order chi connectivity index (χ0) is 12.8. The summed E-state index contributed by atoms with van der Waals surface area (Å²) in [5.41, 5.74) is 3.60. The zero-order valence-corrected chi connectivity index (χ0v) is 11.3. The largest absolute Gasteiger partial charge is 0.396 e. The first-order valence-electron chi connectivity index (χ1n) is 6.02. The van der Waals surface area contributed by atoms with E-state index in [2.05, 4.69) is 33.3 Å². The van der Waals surface area contributed by atoms with E-state index in [0.29, 0.717) is 19.5 Å². The zero-order valence-electron chi connectivity index (χ0n) is 10.5. The van der Waals surface area contributed by atoms with Crippen molar-refractivity contribution in [3.63, 3.8) is 0 Å². The van der Waals surface area contributed by atoms with Crippen LogP contribution >= 0.6 is 11.3 Å². The van der Waals surface area contributed by atoms with Crippen molar-refractivity contribution in [1.82, 2.24) is 20.3 Å². The topological polar surface area (TPSA) is 63.0 Å². The van der Waals surface area contributed by atoms with Crippen molar-refractivity contribution in [2.24, 2.45) is 0 Å². The maximum atomic E-state index is 8.73. The van der Waals surface area contributed by atoms with E-state index in [0.717, 1.165) is 12.2 Å². The van der Waals surface area contributed by atoms with Crippen molar-refractivity contribution >= 4 is 11.3 Å². The first-order valence-corrected chi connectivity index (χ1v) is 6.96. The van der Waals surface area contributed by atoms with Gasteiger partial charge in [0, 0.05) is 32.4 Å². The Morgan fingerprint density at radius 3 is 3.00 bits per heavy atom. The first-order chi connectivity index (χ1) is 8.79. The van der Waals surface area contributed by atoms with Crippen LogP contribution in [0.3, 0.4) is 0 Å². The second-order valence-corrected chi connectivity index (χ2v) is 4.98. The van der Waals surface area contributed by atoms with Crippen molar-refractivity contribution < 1.29 is 5.11 Å². The molecule has 0 saturated carbocycles. The fraction of sp³-hybridized carbons (Fsp3) is 0.500. The van der Waals surface area contributed by atoms with E-state index < -0.39 is 0 Å².